The third-order valence-electron chi connectivity index (χ3n) is 3.57. The van der Waals surface area contributed by atoms with Crippen molar-refractivity contribution in [1.82, 2.24) is 15.8 Å². The van der Waals surface area contributed by atoms with Crippen molar-refractivity contribution in [2.45, 2.75) is 32.1 Å². The first-order valence-electron chi connectivity index (χ1n) is 6.60. The lowest BCUT2D eigenvalue weighted by Crippen LogP contribution is -2.52. The molecule has 1 amide bonds. The van der Waals surface area contributed by atoms with Gasteiger partial charge in [-0.05, 0) is 37.2 Å². The number of thiocarbonyl (C=S) groups is 1. The van der Waals surface area contributed by atoms with Crippen molar-refractivity contribution in [2.75, 3.05) is 5.32 Å². The Labute approximate surface area is 126 Å². The quantitative estimate of drug-likeness (QED) is 0.590. The third kappa shape index (κ3) is 3.63. The second-order valence-corrected chi connectivity index (χ2v) is 5.35. The van der Waals surface area contributed by atoms with Gasteiger partial charge < -0.3 is 5.32 Å². The molecule has 1 saturated carbocycles. The van der Waals surface area contributed by atoms with Gasteiger partial charge in [0.15, 0.2) is 5.11 Å². The SMILES string of the molecule is O=C(NNC(=S)Nc1cccnc1)C1(C(F)F)CCCC1. The predicted molar refractivity (Wildman–Crippen MR) is 78.6 cm³/mol. The summed E-state index contributed by atoms with van der Waals surface area (Å²) in [6.45, 7) is 0. The van der Waals surface area contributed by atoms with Crippen LogP contribution in [0.5, 0.6) is 0 Å². The molecule has 114 valence electrons. The van der Waals surface area contributed by atoms with E-state index in [1.165, 1.54) is 0 Å². The monoisotopic (exact) mass is 314 g/mol. The van der Waals surface area contributed by atoms with Crippen LogP contribution < -0.4 is 16.2 Å². The van der Waals surface area contributed by atoms with Gasteiger partial charge in [-0.25, -0.2) is 8.78 Å². The van der Waals surface area contributed by atoms with Gasteiger partial charge in [-0.1, -0.05) is 12.8 Å². The van der Waals surface area contributed by atoms with E-state index in [9.17, 15) is 13.6 Å². The largest absolute Gasteiger partial charge is 0.330 e. The third-order valence-corrected chi connectivity index (χ3v) is 3.78. The van der Waals surface area contributed by atoms with Crippen molar-refractivity contribution in [3.05, 3.63) is 24.5 Å². The zero-order valence-corrected chi connectivity index (χ0v) is 12.1. The van der Waals surface area contributed by atoms with E-state index in [1.807, 2.05) is 0 Å². The summed E-state index contributed by atoms with van der Waals surface area (Å²) in [4.78, 5) is 15.9. The molecule has 1 fully saturated rings. The molecule has 1 heterocycles. The molecule has 1 aromatic rings. The van der Waals surface area contributed by atoms with Crippen molar-refractivity contribution in [3.63, 3.8) is 0 Å². The Kier molecular flexibility index (Phi) is 5.00. The summed E-state index contributed by atoms with van der Waals surface area (Å²) < 4.78 is 26.3. The first-order chi connectivity index (χ1) is 10.0. The summed E-state index contributed by atoms with van der Waals surface area (Å²) in [6.07, 6.45) is 2.14. The van der Waals surface area contributed by atoms with E-state index in [2.05, 4.69) is 21.2 Å². The Morgan fingerprint density at radius 2 is 2.05 bits per heavy atom. The minimum Gasteiger partial charge on any atom is -0.330 e. The molecule has 0 radical (unpaired) electrons. The van der Waals surface area contributed by atoms with Gasteiger partial charge in [-0.15, -0.1) is 0 Å². The number of pyridine rings is 1. The fourth-order valence-electron chi connectivity index (χ4n) is 2.39. The molecule has 0 saturated heterocycles. The van der Waals surface area contributed by atoms with E-state index >= 15 is 0 Å². The number of aromatic nitrogens is 1. The van der Waals surface area contributed by atoms with E-state index < -0.39 is 17.7 Å². The minimum absolute atomic E-state index is 0.110. The molecule has 8 heteroatoms. The van der Waals surface area contributed by atoms with Crippen LogP contribution in [0, 0.1) is 5.41 Å². The van der Waals surface area contributed by atoms with E-state index in [-0.39, 0.29) is 18.0 Å². The lowest BCUT2D eigenvalue weighted by atomic mass is 9.86. The van der Waals surface area contributed by atoms with Crippen LogP contribution in [-0.2, 0) is 4.79 Å². The van der Waals surface area contributed by atoms with Gasteiger partial charge in [-0.2, -0.15) is 0 Å². The second kappa shape index (κ2) is 6.75. The van der Waals surface area contributed by atoms with Gasteiger partial charge in [0, 0.05) is 6.20 Å². The average Bonchev–Trinajstić information content (AvgIpc) is 2.97. The summed E-state index contributed by atoms with van der Waals surface area (Å²) in [5.74, 6) is -0.717. The highest BCUT2D eigenvalue weighted by Gasteiger charge is 2.49. The van der Waals surface area contributed by atoms with Crippen molar-refractivity contribution >= 4 is 28.9 Å². The number of hydrogen-bond donors (Lipinski definition) is 3. The lowest BCUT2D eigenvalue weighted by molar-refractivity contribution is -0.140. The molecule has 21 heavy (non-hydrogen) atoms. The van der Waals surface area contributed by atoms with Crippen LogP contribution in [0.2, 0.25) is 0 Å². The average molecular weight is 314 g/mol. The summed E-state index contributed by atoms with van der Waals surface area (Å²) in [5, 5.41) is 2.90. The highest BCUT2D eigenvalue weighted by molar-refractivity contribution is 7.80. The molecule has 2 rings (SSSR count). The van der Waals surface area contributed by atoms with E-state index in [0.717, 1.165) is 0 Å². The van der Waals surface area contributed by atoms with Gasteiger partial charge in [-0.3, -0.25) is 20.6 Å². The van der Waals surface area contributed by atoms with Crippen LogP contribution in [0.15, 0.2) is 24.5 Å². The summed E-state index contributed by atoms with van der Waals surface area (Å²) >= 11 is 4.98. The number of hydrogen-bond acceptors (Lipinski definition) is 3. The topological polar surface area (TPSA) is 66.1 Å². The molecule has 1 aliphatic rings. The molecule has 1 aliphatic carbocycles. The number of hydrazine groups is 1. The Balaban J connectivity index is 1.87. The van der Waals surface area contributed by atoms with Crippen molar-refractivity contribution in [3.8, 4) is 0 Å². The number of alkyl halides is 2. The van der Waals surface area contributed by atoms with Crippen molar-refractivity contribution in [1.29, 1.82) is 0 Å². The zero-order valence-electron chi connectivity index (χ0n) is 11.2. The molecular formula is C13H16F2N4OS. The summed E-state index contributed by atoms with van der Waals surface area (Å²) in [6, 6.07) is 3.45. The Bertz CT molecular complexity index is 506. The fraction of sp³-hybridized carbons (Fsp3) is 0.462. The molecule has 3 N–H and O–H groups in total. The predicted octanol–water partition coefficient (Wildman–Crippen LogP) is 2.22. The minimum atomic E-state index is -2.68. The summed E-state index contributed by atoms with van der Waals surface area (Å²) in [5.41, 5.74) is 3.75. The van der Waals surface area contributed by atoms with Crippen molar-refractivity contribution in [2.24, 2.45) is 5.41 Å². The second-order valence-electron chi connectivity index (χ2n) is 4.94. The number of nitrogens with one attached hydrogen (secondary N) is 3. The van der Waals surface area contributed by atoms with Crippen LogP contribution in [0.25, 0.3) is 0 Å². The number of halogens is 2. The number of carbonyl (C=O) groups is 1. The van der Waals surface area contributed by atoms with Gasteiger partial charge in [0.1, 0.15) is 5.41 Å². The zero-order chi connectivity index (χ0) is 15.3. The maximum absolute atomic E-state index is 13.2. The molecule has 0 bridgehead atoms. The smallest absolute Gasteiger partial charge is 0.252 e. The molecular weight excluding hydrogens is 298 g/mol. The molecule has 5 nitrogen and oxygen atoms in total. The number of anilines is 1. The van der Waals surface area contributed by atoms with E-state index in [1.54, 1.807) is 24.5 Å². The molecule has 0 spiro atoms. The first kappa shape index (κ1) is 15.6. The maximum Gasteiger partial charge on any atom is 0.252 e. The van der Waals surface area contributed by atoms with Gasteiger partial charge >= 0.3 is 0 Å². The number of carbonyl (C=O) groups excluding carboxylic acids is 1. The maximum atomic E-state index is 13.2. The Hall–Kier alpha value is -1.83. The Morgan fingerprint density at radius 1 is 1.33 bits per heavy atom. The standard InChI is InChI=1S/C13H16F2N4OS/c14-10(15)13(5-1-2-6-13)11(20)18-19-12(21)17-9-4-3-7-16-8-9/h3-4,7-8,10H,1-2,5-6H2,(H,18,20)(H2,17,19,21). The normalized spacial score (nSPS) is 16.5. The van der Waals surface area contributed by atoms with Crippen LogP contribution in [0.4, 0.5) is 14.5 Å². The van der Waals surface area contributed by atoms with Crippen molar-refractivity contribution < 1.29 is 13.6 Å². The molecule has 0 aliphatic heterocycles. The highest BCUT2D eigenvalue weighted by atomic mass is 32.1. The highest BCUT2D eigenvalue weighted by Crippen LogP contribution is 2.43. The molecule has 0 atom stereocenters. The van der Waals surface area contributed by atoms with Crippen LogP contribution in [0.3, 0.4) is 0 Å². The fourth-order valence-corrected chi connectivity index (χ4v) is 2.56. The molecule has 1 aromatic heterocycles. The van der Waals surface area contributed by atoms with Crippen LogP contribution in [-0.4, -0.2) is 22.4 Å². The Morgan fingerprint density at radius 3 is 2.62 bits per heavy atom. The molecule has 0 unspecified atom stereocenters. The molecule has 0 aromatic carbocycles. The van der Waals surface area contributed by atoms with Gasteiger partial charge in [0.2, 0.25) is 5.91 Å². The lowest BCUT2D eigenvalue weighted by Gasteiger charge is -2.26. The van der Waals surface area contributed by atoms with Gasteiger partial charge in [0.25, 0.3) is 6.43 Å². The van der Waals surface area contributed by atoms with Gasteiger partial charge in [0.05, 0.1) is 11.9 Å². The van der Waals surface area contributed by atoms with E-state index in [0.29, 0.717) is 18.5 Å². The van der Waals surface area contributed by atoms with E-state index in [4.69, 9.17) is 12.2 Å². The van der Waals surface area contributed by atoms with Crippen LogP contribution in [0.1, 0.15) is 25.7 Å². The van der Waals surface area contributed by atoms with Crippen LogP contribution >= 0.6 is 12.2 Å². The first-order valence-corrected chi connectivity index (χ1v) is 7.01. The summed E-state index contributed by atoms with van der Waals surface area (Å²) in [7, 11) is 0. The number of amides is 1. The number of nitrogens with zero attached hydrogens (tertiary/aromatic N) is 1. The number of rotatable bonds is 3.